The molecular formula is C15H17NO3S. The van der Waals surface area contributed by atoms with Gasteiger partial charge in [0.15, 0.2) is 0 Å². The van der Waals surface area contributed by atoms with Crippen LogP contribution in [0, 0.1) is 0 Å². The number of nitrogens with zero attached hydrogens (tertiary/aromatic N) is 1. The molecule has 0 aliphatic heterocycles. The van der Waals surface area contributed by atoms with E-state index in [1.165, 1.54) is 11.3 Å². The van der Waals surface area contributed by atoms with Crippen molar-refractivity contribution in [1.29, 1.82) is 0 Å². The molecule has 2 aromatic rings. The van der Waals surface area contributed by atoms with Crippen LogP contribution in [0.1, 0.15) is 15.2 Å². The van der Waals surface area contributed by atoms with Gasteiger partial charge in [-0.3, -0.25) is 4.79 Å². The number of carbonyl (C=O) groups is 1. The number of thiophene rings is 1. The van der Waals surface area contributed by atoms with Crippen molar-refractivity contribution in [3.05, 3.63) is 52.2 Å². The fourth-order valence-corrected chi connectivity index (χ4v) is 2.69. The second-order valence-electron chi connectivity index (χ2n) is 4.29. The Morgan fingerprint density at radius 1 is 1.35 bits per heavy atom. The molecule has 1 amide bonds. The molecule has 0 spiro atoms. The molecule has 1 heterocycles. The number of amides is 1. The quantitative estimate of drug-likeness (QED) is 0.889. The maximum Gasteiger partial charge on any atom is 0.264 e. The zero-order valence-corrected chi connectivity index (χ0v) is 12.1. The smallest absolute Gasteiger partial charge is 0.264 e. The second kappa shape index (κ2) is 7.07. The van der Waals surface area contributed by atoms with Crippen LogP contribution < -0.4 is 4.74 Å². The predicted octanol–water partition coefficient (Wildman–Crippen LogP) is 2.39. The fourth-order valence-electron chi connectivity index (χ4n) is 1.87. The van der Waals surface area contributed by atoms with Crippen LogP contribution in [0.3, 0.4) is 0 Å². The number of aliphatic hydroxyl groups excluding tert-OH is 1. The molecule has 0 unspecified atom stereocenters. The van der Waals surface area contributed by atoms with Gasteiger partial charge in [0, 0.05) is 24.5 Å². The molecule has 0 fully saturated rings. The Bertz CT molecular complexity index is 553. The first-order valence-electron chi connectivity index (χ1n) is 6.31. The van der Waals surface area contributed by atoms with Crippen LogP contribution in [-0.4, -0.2) is 36.2 Å². The summed E-state index contributed by atoms with van der Waals surface area (Å²) in [7, 11) is 1.58. The number of rotatable bonds is 6. The summed E-state index contributed by atoms with van der Waals surface area (Å²) in [5, 5.41) is 10.9. The third-order valence-corrected chi connectivity index (χ3v) is 3.79. The Morgan fingerprint density at radius 2 is 2.10 bits per heavy atom. The molecule has 2 rings (SSSR count). The van der Waals surface area contributed by atoms with Crippen LogP contribution in [0.2, 0.25) is 0 Å². The summed E-state index contributed by atoms with van der Waals surface area (Å²) >= 11 is 1.35. The maximum absolute atomic E-state index is 12.4. The van der Waals surface area contributed by atoms with Gasteiger partial charge in [0.2, 0.25) is 0 Å². The van der Waals surface area contributed by atoms with Crippen molar-refractivity contribution in [2.45, 2.75) is 6.54 Å². The lowest BCUT2D eigenvalue weighted by Crippen LogP contribution is -2.32. The highest BCUT2D eigenvalue weighted by molar-refractivity contribution is 7.12. The van der Waals surface area contributed by atoms with Gasteiger partial charge in [0.25, 0.3) is 5.91 Å². The predicted molar refractivity (Wildman–Crippen MR) is 79.1 cm³/mol. The minimum absolute atomic E-state index is 0.0545. The van der Waals surface area contributed by atoms with E-state index in [2.05, 4.69) is 0 Å². The van der Waals surface area contributed by atoms with Gasteiger partial charge in [-0.15, -0.1) is 11.3 Å². The average Bonchev–Trinajstić information content (AvgIpc) is 2.96. The van der Waals surface area contributed by atoms with E-state index < -0.39 is 0 Å². The number of methoxy groups -OCH3 is 1. The number of ether oxygens (including phenoxy) is 1. The minimum atomic E-state index is -0.0868. The van der Waals surface area contributed by atoms with Crippen LogP contribution in [0.5, 0.6) is 5.75 Å². The molecule has 0 bridgehead atoms. The van der Waals surface area contributed by atoms with Gasteiger partial charge in [-0.25, -0.2) is 0 Å². The maximum atomic E-state index is 12.4. The van der Waals surface area contributed by atoms with Crippen LogP contribution in [0.15, 0.2) is 41.8 Å². The van der Waals surface area contributed by atoms with Crippen molar-refractivity contribution in [3.63, 3.8) is 0 Å². The number of benzene rings is 1. The number of hydrogen-bond donors (Lipinski definition) is 1. The molecule has 20 heavy (non-hydrogen) atoms. The molecular weight excluding hydrogens is 274 g/mol. The lowest BCUT2D eigenvalue weighted by atomic mass is 10.2. The van der Waals surface area contributed by atoms with Gasteiger partial charge >= 0.3 is 0 Å². The van der Waals surface area contributed by atoms with E-state index in [0.29, 0.717) is 23.7 Å². The Morgan fingerprint density at radius 3 is 2.70 bits per heavy atom. The summed E-state index contributed by atoms with van der Waals surface area (Å²) in [5.41, 5.74) is 1.04. The summed E-state index contributed by atoms with van der Waals surface area (Å²) in [4.78, 5) is 14.7. The number of aliphatic hydroxyl groups is 1. The van der Waals surface area contributed by atoms with Crippen molar-refractivity contribution in [1.82, 2.24) is 4.90 Å². The van der Waals surface area contributed by atoms with Gasteiger partial charge in [-0.1, -0.05) is 30.3 Å². The fraction of sp³-hybridized carbons (Fsp3) is 0.267. The molecule has 5 heteroatoms. The SMILES string of the molecule is COc1csc(C(=O)N(CCO)Cc2ccccc2)c1. The summed E-state index contributed by atoms with van der Waals surface area (Å²) in [6, 6.07) is 11.5. The van der Waals surface area contributed by atoms with Crippen molar-refractivity contribution >= 4 is 17.2 Å². The molecule has 0 saturated heterocycles. The van der Waals surface area contributed by atoms with Crippen molar-refractivity contribution in [2.75, 3.05) is 20.3 Å². The summed E-state index contributed by atoms with van der Waals surface area (Å²) in [6.07, 6.45) is 0. The van der Waals surface area contributed by atoms with Gasteiger partial charge in [-0.05, 0) is 5.56 Å². The summed E-state index contributed by atoms with van der Waals surface area (Å²) in [5.74, 6) is 0.596. The topological polar surface area (TPSA) is 49.8 Å². The van der Waals surface area contributed by atoms with Crippen LogP contribution in [0.25, 0.3) is 0 Å². The molecule has 106 valence electrons. The van der Waals surface area contributed by atoms with Crippen LogP contribution >= 0.6 is 11.3 Å². The summed E-state index contributed by atoms with van der Waals surface area (Å²) < 4.78 is 5.09. The summed E-state index contributed by atoms with van der Waals surface area (Å²) in [6.45, 7) is 0.746. The van der Waals surface area contributed by atoms with E-state index >= 15 is 0 Å². The van der Waals surface area contributed by atoms with E-state index in [9.17, 15) is 4.79 Å². The monoisotopic (exact) mass is 291 g/mol. The van der Waals surface area contributed by atoms with E-state index in [4.69, 9.17) is 9.84 Å². The highest BCUT2D eigenvalue weighted by atomic mass is 32.1. The molecule has 0 atom stereocenters. The molecule has 1 aromatic heterocycles. The van der Waals surface area contributed by atoms with Gasteiger partial charge < -0.3 is 14.7 Å². The highest BCUT2D eigenvalue weighted by Gasteiger charge is 2.17. The van der Waals surface area contributed by atoms with E-state index in [1.54, 1.807) is 23.5 Å². The van der Waals surface area contributed by atoms with Crippen molar-refractivity contribution < 1.29 is 14.6 Å². The molecule has 0 radical (unpaired) electrons. The van der Waals surface area contributed by atoms with Crippen LogP contribution in [0.4, 0.5) is 0 Å². The minimum Gasteiger partial charge on any atom is -0.496 e. The van der Waals surface area contributed by atoms with Gasteiger partial charge in [0.05, 0.1) is 18.6 Å². The molecule has 0 saturated carbocycles. The highest BCUT2D eigenvalue weighted by Crippen LogP contribution is 2.23. The largest absolute Gasteiger partial charge is 0.496 e. The Hall–Kier alpha value is -1.85. The van der Waals surface area contributed by atoms with Crippen molar-refractivity contribution in [2.24, 2.45) is 0 Å². The van der Waals surface area contributed by atoms with Gasteiger partial charge in [-0.2, -0.15) is 0 Å². The van der Waals surface area contributed by atoms with E-state index in [1.807, 2.05) is 30.3 Å². The Labute approximate surface area is 122 Å². The normalized spacial score (nSPS) is 10.3. The van der Waals surface area contributed by atoms with Crippen molar-refractivity contribution in [3.8, 4) is 5.75 Å². The van der Waals surface area contributed by atoms with Crippen LogP contribution in [-0.2, 0) is 6.54 Å². The van der Waals surface area contributed by atoms with E-state index in [0.717, 1.165) is 5.56 Å². The second-order valence-corrected chi connectivity index (χ2v) is 5.20. The zero-order valence-electron chi connectivity index (χ0n) is 11.3. The Kier molecular flexibility index (Phi) is 5.15. The standard InChI is InChI=1S/C15H17NO3S/c1-19-13-9-14(20-11-13)15(18)16(7-8-17)10-12-5-3-2-4-6-12/h2-6,9,11,17H,7-8,10H2,1H3. The first-order chi connectivity index (χ1) is 9.74. The lowest BCUT2D eigenvalue weighted by molar-refractivity contribution is 0.0712. The van der Waals surface area contributed by atoms with Gasteiger partial charge in [0.1, 0.15) is 5.75 Å². The van der Waals surface area contributed by atoms with E-state index in [-0.39, 0.29) is 12.5 Å². The third-order valence-electron chi connectivity index (χ3n) is 2.90. The third kappa shape index (κ3) is 3.59. The molecule has 1 N–H and O–H groups in total. The lowest BCUT2D eigenvalue weighted by Gasteiger charge is -2.21. The number of hydrogen-bond acceptors (Lipinski definition) is 4. The zero-order chi connectivity index (χ0) is 14.4. The average molecular weight is 291 g/mol. The molecule has 0 aliphatic rings. The molecule has 1 aromatic carbocycles. The number of carbonyl (C=O) groups excluding carboxylic acids is 1. The molecule has 4 nitrogen and oxygen atoms in total. The molecule has 0 aliphatic carbocycles. The first kappa shape index (κ1) is 14.6. The first-order valence-corrected chi connectivity index (χ1v) is 7.19. The Balaban J connectivity index is 2.13.